The molecule has 0 aromatic rings. The fourth-order valence-corrected chi connectivity index (χ4v) is 7.06. The number of carbonyl (C=O) groups excluding carboxylic acids is 2. The Morgan fingerprint density at radius 1 is 1.12 bits per heavy atom. The van der Waals surface area contributed by atoms with E-state index < -0.39 is 18.6 Å². The van der Waals surface area contributed by atoms with Crippen LogP contribution in [0.2, 0.25) is 0 Å². The van der Waals surface area contributed by atoms with Crippen LogP contribution in [-0.4, -0.2) is 62.2 Å². The average molecular weight is 562 g/mol. The Kier molecular flexibility index (Phi) is 10.6. The lowest BCUT2D eigenvalue weighted by Crippen LogP contribution is -2.65. The van der Waals surface area contributed by atoms with E-state index in [1.165, 1.54) is 6.42 Å². The highest BCUT2D eigenvalue weighted by molar-refractivity contribution is 6.48. The molecule has 1 aliphatic heterocycles. The highest BCUT2D eigenvalue weighted by atomic mass is 16.7. The average Bonchev–Trinajstić information content (AvgIpc) is 3.25. The van der Waals surface area contributed by atoms with E-state index in [-0.39, 0.29) is 40.8 Å². The predicted molar refractivity (Wildman–Crippen MR) is 161 cm³/mol. The Hall–Kier alpha value is -1.81. The Balaban J connectivity index is 1.72. The molecule has 1 heterocycles. The zero-order valence-corrected chi connectivity index (χ0v) is 26.5. The molecular formula is C30H56BN5O4. The van der Waals surface area contributed by atoms with Gasteiger partial charge in [0.15, 0.2) is 5.96 Å². The summed E-state index contributed by atoms with van der Waals surface area (Å²) >= 11 is 0. The zero-order chi connectivity index (χ0) is 29.9. The summed E-state index contributed by atoms with van der Waals surface area (Å²) in [6, 6.07) is -0.681. The molecule has 4 fully saturated rings. The van der Waals surface area contributed by atoms with Crippen molar-refractivity contribution in [2.75, 3.05) is 13.6 Å². The topological polar surface area (TPSA) is 125 Å². The Morgan fingerprint density at radius 3 is 2.42 bits per heavy atom. The minimum absolute atomic E-state index is 0.0456. The highest BCUT2D eigenvalue weighted by Crippen LogP contribution is 2.65. The maximum Gasteiger partial charge on any atom is 0.481 e. The maximum atomic E-state index is 13.8. The van der Waals surface area contributed by atoms with Gasteiger partial charge in [-0.3, -0.25) is 15.0 Å². The smallest absolute Gasteiger partial charge is 0.404 e. The molecule has 5 N–H and O–H groups in total. The van der Waals surface area contributed by atoms with Gasteiger partial charge in [0.1, 0.15) is 6.04 Å². The third kappa shape index (κ3) is 7.15. The van der Waals surface area contributed by atoms with Crippen LogP contribution >= 0.6 is 0 Å². The summed E-state index contributed by atoms with van der Waals surface area (Å²) in [5.41, 5.74) is -0.658. The number of amides is 2. The number of nitrogens with one attached hydrogen (secondary N) is 5. The molecule has 4 aliphatic rings. The van der Waals surface area contributed by atoms with E-state index in [9.17, 15) is 9.59 Å². The fraction of sp³-hybridized carbons (Fsp3) is 0.900. The van der Waals surface area contributed by atoms with Crippen molar-refractivity contribution in [1.29, 1.82) is 5.41 Å². The molecule has 3 aliphatic carbocycles. The monoisotopic (exact) mass is 561 g/mol. The number of carbonyl (C=O) groups is 2. The number of guanidine groups is 1. The molecule has 2 amide bonds. The SMILES string of the molecule is CCCCC(C)(C)C(=O)N[C@@H](CCCNC(=N)NC)C(=O)N[C@@H](CC(C)C)B1O[C@@H]2C[C@@H]3C[C@@H](C3(C)C)[C@]2(C)O1. The lowest BCUT2D eigenvalue weighted by molar-refractivity contribution is -0.199. The second kappa shape index (κ2) is 13.0. The van der Waals surface area contributed by atoms with E-state index >= 15 is 0 Å². The molecular weight excluding hydrogens is 505 g/mol. The molecule has 0 spiro atoms. The zero-order valence-electron chi connectivity index (χ0n) is 26.5. The molecule has 6 atom stereocenters. The van der Waals surface area contributed by atoms with Gasteiger partial charge in [-0.1, -0.05) is 61.3 Å². The molecule has 0 aromatic carbocycles. The van der Waals surface area contributed by atoms with Crippen LogP contribution in [0.4, 0.5) is 0 Å². The molecule has 40 heavy (non-hydrogen) atoms. The van der Waals surface area contributed by atoms with Crippen molar-refractivity contribution in [2.45, 2.75) is 130 Å². The predicted octanol–water partition coefficient (Wildman–Crippen LogP) is 4.01. The standard InChI is InChI=1S/C30H56BN5O4/c1-10-11-14-28(4,5)26(38)35-21(13-12-15-34-27(32)33-9)25(37)36-24(16-19(2)3)31-39-23-18-20-17-22(29(20,6)7)30(23,8)40-31/h19-24H,10-18H2,1-9H3,(H,35,38)(H,36,37)(H3,32,33,34)/t20-,21-,22-,23+,24-,30-/m0/s1. The summed E-state index contributed by atoms with van der Waals surface area (Å²) in [5.74, 6) is 1.05. The van der Waals surface area contributed by atoms with E-state index in [4.69, 9.17) is 14.7 Å². The van der Waals surface area contributed by atoms with Crippen LogP contribution in [-0.2, 0) is 18.9 Å². The number of rotatable bonds is 14. The van der Waals surface area contributed by atoms with Crippen LogP contribution in [0.1, 0.15) is 107 Å². The highest BCUT2D eigenvalue weighted by Gasteiger charge is 2.68. The summed E-state index contributed by atoms with van der Waals surface area (Å²) in [6.45, 7) is 17.7. The molecule has 2 bridgehead atoms. The maximum absolute atomic E-state index is 13.8. The normalized spacial score (nSPS) is 28.2. The third-order valence-corrected chi connectivity index (χ3v) is 9.96. The van der Waals surface area contributed by atoms with Gasteiger partial charge in [-0.25, -0.2) is 0 Å². The summed E-state index contributed by atoms with van der Waals surface area (Å²) < 4.78 is 13.3. The van der Waals surface area contributed by atoms with Gasteiger partial charge in [-0.15, -0.1) is 0 Å². The van der Waals surface area contributed by atoms with E-state index in [0.717, 1.165) is 32.1 Å². The molecule has 10 heteroatoms. The quantitative estimate of drug-likeness (QED) is 0.0945. The Labute approximate surface area is 243 Å². The van der Waals surface area contributed by atoms with Crippen LogP contribution in [0.5, 0.6) is 0 Å². The minimum Gasteiger partial charge on any atom is -0.404 e. The van der Waals surface area contributed by atoms with Crippen LogP contribution in [0.15, 0.2) is 0 Å². The van der Waals surface area contributed by atoms with Gasteiger partial charge >= 0.3 is 7.12 Å². The first kappa shape index (κ1) is 32.7. The largest absolute Gasteiger partial charge is 0.481 e. The summed E-state index contributed by atoms with van der Waals surface area (Å²) in [4.78, 5) is 27.1. The van der Waals surface area contributed by atoms with Crippen molar-refractivity contribution in [3.8, 4) is 0 Å². The number of hydrogen-bond donors (Lipinski definition) is 5. The van der Waals surface area contributed by atoms with E-state index in [2.05, 4.69) is 62.8 Å². The summed E-state index contributed by atoms with van der Waals surface area (Å²) in [7, 11) is 1.18. The van der Waals surface area contributed by atoms with Gasteiger partial charge < -0.3 is 30.6 Å². The molecule has 0 aromatic heterocycles. The van der Waals surface area contributed by atoms with Gasteiger partial charge in [0, 0.05) is 19.0 Å². The fourth-order valence-electron chi connectivity index (χ4n) is 7.06. The van der Waals surface area contributed by atoms with Crippen LogP contribution in [0.3, 0.4) is 0 Å². The molecule has 228 valence electrons. The molecule has 4 rings (SSSR count). The molecule has 0 radical (unpaired) electrons. The van der Waals surface area contributed by atoms with Crippen molar-refractivity contribution in [2.24, 2.45) is 28.6 Å². The second-order valence-corrected chi connectivity index (χ2v) is 14.3. The molecule has 9 nitrogen and oxygen atoms in total. The van der Waals surface area contributed by atoms with Gasteiger partial charge in [-0.05, 0) is 68.6 Å². The summed E-state index contributed by atoms with van der Waals surface area (Å²) in [6.07, 6.45) is 6.77. The van der Waals surface area contributed by atoms with Gasteiger partial charge in [0.2, 0.25) is 11.8 Å². The van der Waals surface area contributed by atoms with Gasteiger partial charge in [0.05, 0.1) is 17.6 Å². The van der Waals surface area contributed by atoms with Crippen molar-refractivity contribution < 1.29 is 18.9 Å². The van der Waals surface area contributed by atoms with Crippen molar-refractivity contribution in [3.63, 3.8) is 0 Å². The van der Waals surface area contributed by atoms with Crippen molar-refractivity contribution in [1.82, 2.24) is 21.3 Å². The first-order valence-electron chi connectivity index (χ1n) is 15.6. The number of unbranched alkanes of at least 4 members (excludes halogenated alkanes) is 1. The van der Waals surface area contributed by atoms with E-state index in [1.807, 2.05) is 13.8 Å². The Morgan fingerprint density at radius 2 is 1.82 bits per heavy atom. The van der Waals surface area contributed by atoms with Gasteiger partial charge in [-0.2, -0.15) is 0 Å². The minimum atomic E-state index is -0.681. The van der Waals surface area contributed by atoms with Crippen LogP contribution in [0, 0.1) is 34.0 Å². The first-order valence-corrected chi connectivity index (χ1v) is 15.6. The number of hydrogen-bond acceptors (Lipinski definition) is 5. The second-order valence-electron chi connectivity index (χ2n) is 14.3. The van der Waals surface area contributed by atoms with Crippen molar-refractivity contribution in [3.05, 3.63) is 0 Å². The van der Waals surface area contributed by atoms with E-state index in [1.54, 1.807) is 7.05 Å². The van der Waals surface area contributed by atoms with Crippen LogP contribution < -0.4 is 21.3 Å². The van der Waals surface area contributed by atoms with E-state index in [0.29, 0.717) is 37.1 Å². The lowest BCUT2D eigenvalue weighted by atomic mass is 9.43. The van der Waals surface area contributed by atoms with Crippen molar-refractivity contribution >= 4 is 24.9 Å². The first-order chi connectivity index (χ1) is 18.7. The Bertz CT molecular complexity index is 913. The third-order valence-electron chi connectivity index (χ3n) is 9.96. The lowest BCUT2D eigenvalue weighted by Gasteiger charge is -2.64. The molecule has 3 saturated carbocycles. The molecule has 0 unspecified atom stereocenters. The van der Waals surface area contributed by atoms with Crippen LogP contribution in [0.25, 0.3) is 0 Å². The summed E-state index contributed by atoms with van der Waals surface area (Å²) in [5, 5.41) is 19.8. The molecule has 1 saturated heterocycles. The van der Waals surface area contributed by atoms with Gasteiger partial charge in [0.25, 0.3) is 0 Å².